The first-order valence-corrected chi connectivity index (χ1v) is 8.16. The topological polar surface area (TPSA) is 93.9 Å². The number of aromatic amines is 1. The van der Waals surface area contributed by atoms with Crippen molar-refractivity contribution in [3.8, 4) is 17.0 Å². The van der Waals surface area contributed by atoms with Crippen molar-refractivity contribution < 1.29 is 35.9 Å². The van der Waals surface area contributed by atoms with Crippen LogP contribution in [0.1, 0.15) is 11.3 Å². The average molecular weight is 430 g/mol. The number of ether oxygens (including phenoxy) is 1. The monoisotopic (exact) mass is 430 g/mol. The van der Waals surface area contributed by atoms with Gasteiger partial charge in [-0.3, -0.25) is 4.79 Å². The quantitative estimate of drug-likeness (QED) is 0.471. The fraction of sp³-hybridized carbons (Fsp3) is 0.167. The first-order valence-electron chi connectivity index (χ1n) is 8.16. The molecule has 0 bridgehead atoms. The number of carbonyl (C=O) groups excluding carboxylic acids is 1. The summed E-state index contributed by atoms with van der Waals surface area (Å²) in [5.74, 6) is -1.54. The summed E-state index contributed by atoms with van der Waals surface area (Å²) in [5.41, 5.74) is 4.56. The van der Waals surface area contributed by atoms with Gasteiger partial charge in [0.05, 0.1) is 0 Å². The standard InChI is InChI=1S/C18H12F6N4O2/c19-17(20,21)8-30-15-5-10(4-13(28-15)18(22,23)24)11-3-12-9(1-2-14(25)29)6-26-16(12)27-7-11/h1-7H,8H2,(H2,25,29)(H,26,27). The smallest absolute Gasteiger partial charge is 0.433 e. The summed E-state index contributed by atoms with van der Waals surface area (Å²) >= 11 is 0. The van der Waals surface area contributed by atoms with E-state index in [-0.39, 0.29) is 11.1 Å². The second kappa shape index (κ2) is 7.69. The largest absolute Gasteiger partial charge is 0.468 e. The van der Waals surface area contributed by atoms with Crippen LogP contribution in [-0.4, -0.2) is 33.6 Å². The highest BCUT2D eigenvalue weighted by Gasteiger charge is 2.34. The number of nitrogens with two attached hydrogens (primary N) is 1. The number of alkyl halides is 6. The van der Waals surface area contributed by atoms with Crippen LogP contribution in [0.3, 0.4) is 0 Å². The van der Waals surface area contributed by atoms with E-state index in [1.54, 1.807) is 0 Å². The van der Waals surface area contributed by atoms with Gasteiger partial charge in [-0.25, -0.2) is 9.97 Å². The van der Waals surface area contributed by atoms with Crippen molar-refractivity contribution in [2.75, 3.05) is 6.61 Å². The van der Waals surface area contributed by atoms with E-state index in [2.05, 4.69) is 19.7 Å². The minimum absolute atomic E-state index is 0.102. The molecule has 6 nitrogen and oxygen atoms in total. The zero-order valence-electron chi connectivity index (χ0n) is 14.8. The average Bonchev–Trinajstić information content (AvgIpc) is 3.05. The number of halogens is 6. The van der Waals surface area contributed by atoms with Crippen molar-refractivity contribution >= 4 is 23.0 Å². The van der Waals surface area contributed by atoms with Crippen molar-refractivity contribution in [2.24, 2.45) is 5.73 Å². The number of amides is 1. The lowest BCUT2D eigenvalue weighted by Gasteiger charge is -2.13. The molecule has 0 saturated heterocycles. The second-order valence-corrected chi connectivity index (χ2v) is 6.08. The lowest BCUT2D eigenvalue weighted by atomic mass is 10.1. The Morgan fingerprint density at radius 1 is 1.13 bits per heavy atom. The zero-order valence-corrected chi connectivity index (χ0v) is 14.8. The van der Waals surface area contributed by atoms with Crippen molar-refractivity contribution in [1.29, 1.82) is 0 Å². The van der Waals surface area contributed by atoms with E-state index in [1.165, 1.54) is 24.5 Å². The number of nitrogens with one attached hydrogen (secondary N) is 1. The van der Waals surface area contributed by atoms with Gasteiger partial charge in [0.25, 0.3) is 0 Å². The molecule has 0 spiro atoms. The molecule has 0 unspecified atom stereocenters. The lowest BCUT2D eigenvalue weighted by Crippen LogP contribution is -2.20. The van der Waals surface area contributed by atoms with Gasteiger partial charge in [0, 0.05) is 41.0 Å². The van der Waals surface area contributed by atoms with Crippen LogP contribution >= 0.6 is 0 Å². The minimum atomic E-state index is -4.91. The van der Waals surface area contributed by atoms with E-state index in [0.717, 1.165) is 12.1 Å². The van der Waals surface area contributed by atoms with Gasteiger partial charge in [0.2, 0.25) is 11.8 Å². The summed E-state index contributed by atoms with van der Waals surface area (Å²) in [6.07, 6.45) is -4.43. The Balaban J connectivity index is 2.08. The minimum Gasteiger partial charge on any atom is -0.468 e. The molecule has 3 rings (SSSR count). The third-order valence-corrected chi connectivity index (χ3v) is 3.80. The van der Waals surface area contributed by atoms with Crippen LogP contribution in [0.25, 0.3) is 28.2 Å². The van der Waals surface area contributed by atoms with Crippen LogP contribution in [0.5, 0.6) is 5.88 Å². The fourth-order valence-electron chi connectivity index (χ4n) is 2.54. The van der Waals surface area contributed by atoms with Crippen molar-refractivity contribution in [3.05, 3.63) is 47.9 Å². The molecule has 1 amide bonds. The number of rotatable bonds is 5. The van der Waals surface area contributed by atoms with Gasteiger partial charge in [-0.1, -0.05) is 0 Å². The molecular formula is C18H12F6N4O2. The van der Waals surface area contributed by atoms with Gasteiger partial charge in [-0.15, -0.1) is 0 Å². The van der Waals surface area contributed by atoms with Gasteiger partial charge in [-0.05, 0) is 23.8 Å². The number of pyridine rings is 2. The van der Waals surface area contributed by atoms with Gasteiger partial charge in [0.15, 0.2) is 6.61 Å². The SMILES string of the molecule is NC(=O)C=Cc1c[nH]c2ncc(-c3cc(OCC(F)(F)F)nc(C(F)(F)F)c3)cc12. The molecule has 3 aromatic rings. The number of hydrogen-bond donors (Lipinski definition) is 2. The molecule has 158 valence electrons. The molecule has 3 aromatic heterocycles. The maximum atomic E-state index is 13.2. The van der Waals surface area contributed by atoms with E-state index in [4.69, 9.17) is 5.73 Å². The zero-order chi connectivity index (χ0) is 22.1. The maximum Gasteiger partial charge on any atom is 0.433 e. The number of H-pyrrole nitrogens is 1. The molecule has 0 saturated carbocycles. The molecule has 0 aliphatic heterocycles. The van der Waals surface area contributed by atoms with E-state index >= 15 is 0 Å². The van der Waals surface area contributed by atoms with E-state index in [0.29, 0.717) is 22.7 Å². The molecule has 0 radical (unpaired) electrons. The van der Waals surface area contributed by atoms with Crippen LogP contribution in [0, 0.1) is 0 Å². The van der Waals surface area contributed by atoms with Crippen LogP contribution in [0.4, 0.5) is 26.3 Å². The summed E-state index contributed by atoms with van der Waals surface area (Å²) in [5, 5.41) is 0.452. The Hall–Kier alpha value is -3.57. The molecule has 0 fully saturated rings. The molecular weight excluding hydrogens is 418 g/mol. The number of primary amides is 1. The molecule has 0 atom stereocenters. The highest BCUT2D eigenvalue weighted by molar-refractivity contribution is 5.95. The summed E-state index contributed by atoms with van der Waals surface area (Å²) in [6, 6.07) is 3.09. The van der Waals surface area contributed by atoms with Crippen LogP contribution in [0.2, 0.25) is 0 Å². The van der Waals surface area contributed by atoms with Gasteiger partial charge in [-0.2, -0.15) is 26.3 Å². The Kier molecular flexibility index (Phi) is 5.42. The lowest BCUT2D eigenvalue weighted by molar-refractivity contribution is -0.154. The number of fused-ring (bicyclic) bond motifs is 1. The predicted molar refractivity (Wildman–Crippen MR) is 94.1 cm³/mol. The van der Waals surface area contributed by atoms with Gasteiger partial charge < -0.3 is 15.5 Å². The fourth-order valence-corrected chi connectivity index (χ4v) is 2.54. The van der Waals surface area contributed by atoms with Crippen molar-refractivity contribution in [2.45, 2.75) is 12.4 Å². The van der Waals surface area contributed by atoms with E-state index in [9.17, 15) is 31.1 Å². The van der Waals surface area contributed by atoms with Crippen LogP contribution in [0.15, 0.2) is 36.7 Å². The van der Waals surface area contributed by atoms with Crippen molar-refractivity contribution in [3.63, 3.8) is 0 Å². The molecule has 0 aliphatic carbocycles. The highest BCUT2D eigenvalue weighted by Crippen LogP contribution is 2.34. The third-order valence-electron chi connectivity index (χ3n) is 3.80. The number of hydrogen-bond acceptors (Lipinski definition) is 4. The molecule has 3 N–H and O–H groups in total. The molecule has 3 heterocycles. The molecule has 12 heteroatoms. The van der Waals surface area contributed by atoms with Crippen LogP contribution in [-0.2, 0) is 11.0 Å². The van der Waals surface area contributed by atoms with Crippen molar-refractivity contribution in [1.82, 2.24) is 15.0 Å². The Morgan fingerprint density at radius 3 is 2.50 bits per heavy atom. The Morgan fingerprint density at radius 2 is 1.87 bits per heavy atom. The van der Waals surface area contributed by atoms with E-state index in [1.807, 2.05) is 0 Å². The molecule has 0 aromatic carbocycles. The summed E-state index contributed by atoms with van der Waals surface area (Å²) in [4.78, 5) is 20.9. The second-order valence-electron chi connectivity index (χ2n) is 6.08. The molecule has 0 aliphatic rings. The predicted octanol–water partition coefficient (Wildman–Crippen LogP) is 4.08. The normalized spacial score (nSPS) is 12.6. The third kappa shape index (κ3) is 5.07. The number of nitrogens with zero attached hydrogens (tertiary/aromatic N) is 2. The number of aromatic nitrogens is 3. The summed E-state index contributed by atoms with van der Waals surface area (Å²) in [7, 11) is 0. The number of carbonyl (C=O) groups is 1. The first-order chi connectivity index (χ1) is 13.9. The summed E-state index contributed by atoms with van der Waals surface area (Å²) in [6.45, 7) is -1.79. The molecule has 30 heavy (non-hydrogen) atoms. The summed E-state index contributed by atoms with van der Waals surface area (Å²) < 4.78 is 81.1. The van der Waals surface area contributed by atoms with Gasteiger partial charge in [0.1, 0.15) is 11.3 Å². The maximum absolute atomic E-state index is 13.2. The first kappa shape index (κ1) is 21.1. The van der Waals surface area contributed by atoms with Crippen LogP contribution < -0.4 is 10.5 Å². The highest BCUT2D eigenvalue weighted by atomic mass is 19.4. The van der Waals surface area contributed by atoms with E-state index < -0.39 is 36.4 Å². The Bertz CT molecular complexity index is 1120. The van der Waals surface area contributed by atoms with Gasteiger partial charge >= 0.3 is 12.4 Å². The Labute approximate surface area is 164 Å².